The summed E-state index contributed by atoms with van der Waals surface area (Å²) in [6.45, 7) is 2.10. The maximum Gasteiger partial charge on any atom is 0.136 e. The van der Waals surface area contributed by atoms with Crippen LogP contribution in [0.15, 0.2) is 18.2 Å². The third-order valence-electron chi connectivity index (χ3n) is 2.27. The molecule has 0 unspecified atom stereocenters. The van der Waals surface area contributed by atoms with Crippen molar-refractivity contribution in [3.8, 4) is 5.75 Å². The van der Waals surface area contributed by atoms with Crippen molar-refractivity contribution < 1.29 is 4.74 Å². The fraction of sp³-hybridized carbons (Fsp3) is 0.273. The molecule has 0 radical (unpaired) electrons. The van der Waals surface area contributed by atoms with E-state index in [-0.39, 0.29) is 0 Å². The highest BCUT2D eigenvalue weighted by atomic mass is 35.5. The molecule has 0 amide bonds. The largest absolute Gasteiger partial charge is 0.495 e. The Morgan fingerprint density at radius 3 is 2.86 bits per heavy atom. The summed E-state index contributed by atoms with van der Waals surface area (Å²) in [6, 6.07) is 6.23. The first-order valence-corrected chi connectivity index (χ1v) is 5.73. The van der Waals surface area contributed by atoms with Crippen molar-refractivity contribution in [1.82, 2.24) is 0 Å². The molecule has 14 heavy (non-hydrogen) atoms. The van der Waals surface area contributed by atoms with Crippen molar-refractivity contribution in [2.24, 2.45) is 0 Å². The van der Waals surface area contributed by atoms with Gasteiger partial charge in [-0.25, -0.2) is 0 Å². The Morgan fingerprint density at radius 2 is 2.21 bits per heavy atom. The lowest BCUT2D eigenvalue weighted by Gasteiger charge is -2.02. The highest BCUT2D eigenvalue weighted by Gasteiger charge is 2.08. The standard InChI is InChI=1S/C11H11ClOS/c1-7-3-4-10(13-2)11-9(7)5-8(6-12)14-11/h3-5H,6H2,1-2H3. The van der Waals surface area contributed by atoms with Gasteiger partial charge in [-0.1, -0.05) is 6.07 Å². The third kappa shape index (κ3) is 1.49. The summed E-state index contributed by atoms with van der Waals surface area (Å²) in [6.07, 6.45) is 0. The van der Waals surface area contributed by atoms with Gasteiger partial charge < -0.3 is 4.74 Å². The number of hydrogen-bond acceptors (Lipinski definition) is 2. The van der Waals surface area contributed by atoms with Gasteiger partial charge in [0.25, 0.3) is 0 Å². The molecular formula is C11H11ClOS. The Kier molecular flexibility index (Phi) is 2.66. The molecule has 0 atom stereocenters. The van der Waals surface area contributed by atoms with Crippen LogP contribution in [0.3, 0.4) is 0 Å². The Bertz CT molecular complexity index is 462. The average molecular weight is 227 g/mol. The van der Waals surface area contributed by atoms with Crippen LogP contribution in [0.25, 0.3) is 10.1 Å². The van der Waals surface area contributed by atoms with Gasteiger partial charge in [-0.2, -0.15) is 0 Å². The number of fused-ring (bicyclic) bond motifs is 1. The molecule has 2 aromatic rings. The molecule has 1 nitrogen and oxygen atoms in total. The number of methoxy groups -OCH3 is 1. The molecule has 74 valence electrons. The molecule has 0 saturated heterocycles. The fourth-order valence-corrected chi connectivity index (χ4v) is 2.83. The second-order valence-corrected chi connectivity index (χ2v) is 4.58. The van der Waals surface area contributed by atoms with E-state index in [0.717, 1.165) is 5.75 Å². The lowest BCUT2D eigenvalue weighted by Crippen LogP contribution is -1.82. The first-order valence-electron chi connectivity index (χ1n) is 4.38. The lowest BCUT2D eigenvalue weighted by molar-refractivity contribution is 0.420. The Hall–Kier alpha value is -0.730. The molecule has 0 bridgehead atoms. The van der Waals surface area contributed by atoms with Gasteiger partial charge in [0.2, 0.25) is 0 Å². The highest BCUT2D eigenvalue weighted by molar-refractivity contribution is 7.19. The van der Waals surface area contributed by atoms with Crippen LogP contribution in [0.4, 0.5) is 0 Å². The van der Waals surface area contributed by atoms with E-state index in [4.69, 9.17) is 16.3 Å². The van der Waals surface area contributed by atoms with Crippen LogP contribution in [-0.4, -0.2) is 7.11 Å². The monoisotopic (exact) mass is 226 g/mol. The van der Waals surface area contributed by atoms with Crippen molar-refractivity contribution in [2.75, 3.05) is 7.11 Å². The summed E-state index contributed by atoms with van der Waals surface area (Å²) in [5.41, 5.74) is 1.27. The Morgan fingerprint density at radius 1 is 1.43 bits per heavy atom. The second kappa shape index (κ2) is 3.79. The minimum Gasteiger partial charge on any atom is -0.495 e. The summed E-state index contributed by atoms with van der Waals surface area (Å²) in [5, 5.41) is 1.25. The van der Waals surface area contributed by atoms with Gasteiger partial charge in [-0.15, -0.1) is 22.9 Å². The number of thiophene rings is 1. The van der Waals surface area contributed by atoms with Crippen LogP contribution in [0.5, 0.6) is 5.75 Å². The minimum atomic E-state index is 0.571. The Labute approximate surface area is 92.3 Å². The molecule has 0 aliphatic rings. The van der Waals surface area contributed by atoms with Crippen molar-refractivity contribution in [3.05, 3.63) is 28.6 Å². The van der Waals surface area contributed by atoms with Gasteiger partial charge in [0, 0.05) is 4.88 Å². The van der Waals surface area contributed by atoms with Crippen molar-refractivity contribution in [1.29, 1.82) is 0 Å². The highest BCUT2D eigenvalue weighted by Crippen LogP contribution is 2.35. The topological polar surface area (TPSA) is 9.23 Å². The maximum atomic E-state index is 5.82. The number of rotatable bonds is 2. The van der Waals surface area contributed by atoms with E-state index in [2.05, 4.69) is 19.1 Å². The molecule has 1 aromatic carbocycles. The summed E-state index contributed by atoms with van der Waals surface area (Å²) in [7, 11) is 1.70. The van der Waals surface area contributed by atoms with Crippen LogP contribution < -0.4 is 4.74 Å². The molecule has 1 aromatic heterocycles. The smallest absolute Gasteiger partial charge is 0.136 e. The van der Waals surface area contributed by atoms with Gasteiger partial charge >= 0.3 is 0 Å². The van der Waals surface area contributed by atoms with Crippen molar-refractivity contribution >= 4 is 33.0 Å². The summed E-state index contributed by atoms with van der Waals surface area (Å²) >= 11 is 7.52. The van der Waals surface area contributed by atoms with E-state index >= 15 is 0 Å². The predicted octanol–water partition coefficient (Wildman–Crippen LogP) is 3.96. The van der Waals surface area contributed by atoms with E-state index in [9.17, 15) is 0 Å². The van der Waals surface area contributed by atoms with E-state index in [1.165, 1.54) is 20.5 Å². The van der Waals surface area contributed by atoms with Crippen LogP contribution in [0.1, 0.15) is 10.4 Å². The van der Waals surface area contributed by atoms with E-state index < -0.39 is 0 Å². The van der Waals surface area contributed by atoms with Gasteiger partial charge in [-0.05, 0) is 30.0 Å². The number of halogens is 1. The quantitative estimate of drug-likeness (QED) is 0.705. The van der Waals surface area contributed by atoms with Crippen LogP contribution >= 0.6 is 22.9 Å². The van der Waals surface area contributed by atoms with Gasteiger partial charge in [0.05, 0.1) is 17.7 Å². The zero-order valence-electron chi connectivity index (χ0n) is 8.13. The molecule has 0 spiro atoms. The minimum absolute atomic E-state index is 0.571. The average Bonchev–Trinajstić information content (AvgIpc) is 2.63. The SMILES string of the molecule is COc1ccc(C)c2cc(CCl)sc12. The van der Waals surface area contributed by atoms with Gasteiger partial charge in [-0.3, -0.25) is 0 Å². The molecule has 0 aliphatic heterocycles. The summed E-state index contributed by atoms with van der Waals surface area (Å²) in [4.78, 5) is 1.19. The van der Waals surface area contributed by atoms with Crippen molar-refractivity contribution in [2.45, 2.75) is 12.8 Å². The third-order valence-corrected chi connectivity index (χ3v) is 3.86. The first kappa shape index (κ1) is 9.81. The van der Waals surface area contributed by atoms with E-state index in [1.54, 1.807) is 18.4 Å². The van der Waals surface area contributed by atoms with Crippen LogP contribution in [-0.2, 0) is 5.88 Å². The fourth-order valence-electron chi connectivity index (χ4n) is 1.51. The Balaban J connectivity index is 2.74. The zero-order valence-corrected chi connectivity index (χ0v) is 9.71. The molecule has 3 heteroatoms. The molecule has 0 aliphatic carbocycles. The van der Waals surface area contributed by atoms with E-state index in [0.29, 0.717) is 5.88 Å². The number of aryl methyl sites for hydroxylation is 1. The normalized spacial score (nSPS) is 10.8. The first-order chi connectivity index (χ1) is 6.76. The maximum absolute atomic E-state index is 5.82. The molecule has 2 rings (SSSR count). The van der Waals surface area contributed by atoms with Crippen LogP contribution in [0, 0.1) is 6.92 Å². The zero-order chi connectivity index (χ0) is 10.1. The number of hydrogen-bond donors (Lipinski definition) is 0. The second-order valence-electron chi connectivity index (χ2n) is 3.17. The number of ether oxygens (including phenoxy) is 1. The summed E-state index contributed by atoms with van der Waals surface area (Å²) < 4.78 is 6.50. The number of benzene rings is 1. The molecule has 0 fully saturated rings. The van der Waals surface area contributed by atoms with Gasteiger partial charge in [0.15, 0.2) is 0 Å². The molecule has 0 N–H and O–H groups in total. The number of alkyl halides is 1. The lowest BCUT2D eigenvalue weighted by atomic mass is 10.1. The predicted molar refractivity (Wildman–Crippen MR) is 62.7 cm³/mol. The summed E-state index contributed by atoms with van der Waals surface area (Å²) in [5.74, 6) is 1.51. The molecular weight excluding hydrogens is 216 g/mol. The van der Waals surface area contributed by atoms with E-state index in [1.807, 2.05) is 6.07 Å². The van der Waals surface area contributed by atoms with Crippen molar-refractivity contribution in [3.63, 3.8) is 0 Å². The molecule has 0 saturated carbocycles. The van der Waals surface area contributed by atoms with Crippen LogP contribution in [0.2, 0.25) is 0 Å². The molecule has 1 heterocycles. The van der Waals surface area contributed by atoms with Gasteiger partial charge in [0.1, 0.15) is 5.75 Å².